The first-order valence-electron chi connectivity index (χ1n) is 8.83. The van der Waals surface area contributed by atoms with Crippen LogP contribution in [-0.2, 0) is 28.1 Å². The lowest BCUT2D eigenvalue weighted by Gasteiger charge is -2.10. The topological polar surface area (TPSA) is 68.2 Å². The molecule has 1 aromatic heterocycles. The van der Waals surface area contributed by atoms with Gasteiger partial charge >= 0.3 is 0 Å². The highest BCUT2D eigenvalue weighted by Gasteiger charge is 2.12. The summed E-state index contributed by atoms with van der Waals surface area (Å²) in [6.45, 7) is 1.60. The Bertz CT molecular complexity index is 1100. The fourth-order valence-corrected chi connectivity index (χ4v) is 4.07. The standard InChI is InChI=1S/C21H21ClN2O3S/c1-3-28(26,27)17-9-6-15(7-10-17)13-21(25)23-16-8-11-18(19(22)14-16)20-5-4-12-24(20)2/h4-12,14H,3,13H2,1-2H3,(H,23,25). The minimum Gasteiger partial charge on any atom is -0.351 e. The van der Waals surface area contributed by atoms with E-state index in [1.54, 1.807) is 25.1 Å². The Kier molecular flexibility index (Phi) is 5.91. The summed E-state index contributed by atoms with van der Waals surface area (Å²) in [6.07, 6.45) is 2.09. The molecule has 2 aromatic carbocycles. The number of sulfone groups is 1. The van der Waals surface area contributed by atoms with Gasteiger partial charge < -0.3 is 9.88 Å². The van der Waals surface area contributed by atoms with Crippen LogP contribution in [-0.4, -0.2) is 24.6 Å². The minimum atomic E-state index is -3.24. The van der Waals surface area contributed by atoms with E-state index in [-0.39, 0.29) is 23.0 Å². The first-order valence-corrected chi connectivity index (χ1v) is 10.9. The Morgan fingerprint density at radius 2 is 1.82 bits per heavy atom. The Morgan fingerprint density at radius 3 is 2.39 bits per heavy atom. The lowest BCUT2D eigenvalue weighted by Crippen LogP contribution is -2.14. The van der Waals surface area contributed by atoms with E-state index >= 15 is 0 Å². The van der Waals surface area contributed by atoms with Crippen molar-refractivity contribution < 1.29 is 13.2 Å². The third-order valence-corrected chi connectivity index (χ3v) is 6.56. The zero-order chi connectivity index (χ0) is 20.3. The van der Waals surface area contributed by atoms with Crippen LogP contribution in [0.3, 0.4) is 0 Å². The summed E-state index contributed by atoms with van der Waals surface area (Å²) in [4.78, 5) is 12.6. The van der Waals surface area contributed by atoms with Crippen LogP contribution in [0.25, 0.3) is 11.3 Å². The van der Waals surface area contributed by atoms with Gasteiger partial charge in [0.15, 0.2) is 9.84 Å². The molecule has 0 saturated carbocycles. The third kappa shape index (κ3) is 4.46. The van der Waals surface area contributed by atoms with Gasteiger partial charge in [-0.1, -0.05) is 30.7 Å². The van der Waals surface area contributed by atoms with E-state index in [4.69, 9.17) is 11.6 Å². The highest BCUT2D eigenvalue weighted by molar-refractivity contribution is 7.91. The lowest BCUT2D eigenvalue weighted by atomic mass is 10.1. The quantitative estimate of drug-likeness (QED) is 0.650. The molecular weight excluding hydrogens is 396 g/mol. The Morgan fingerprint density at radius 1 is 1.11 bits per heavy atom. The van der Waals surface area contributed by atoms with Gasteiger partial charge in [-0.15, -0.1) is 0 Å². The van der Waals surface area contributed by atoms with E-state index in [1.165, 1.54) is 12.1 Å². The smallest absolute Gasteiger partial charge is 0.228 e. The summed E-state index contributed by atoms with van der Waals surface area (Å²) in [5, 5.41) is 3.38. The number of amides is 1. The van der Waals surface area contributed by atoms with Crippen molar-refractivity contribution >= 4 is 33.0 Å². The summed E-state index contributed by atoms with van der Waals surface area (Å²) >= 11 is 6.39. The molecule has 0 spiro atoms. The van der Waals surface area contributed by atoms with Gasteiger partial charge in [-0.3, -0.25) is 4.79 Å². The van der Waals surface area contributed by atoms with Crippen molar-refractivity contribution in [3.05, 3.63) is 71.4 Å². The number of anilines is 1. The van der Waals surface area contributed by atoms with Crippen LogP contribution in [0.1, 0.15) is 12.5 Å². The second kappa shape index (κ2) is 8.20. The molecule has 146 valence electrons. The average Bonchev–Trinajstić information content (AvgIpc) is 3.08. The molecule has 0 radical (unpaired) electrons. The molecule has 3 aromatic rings. The number of halogens is 1. The maximum absolute atomic E-state index is 12.3. The molecule has 1 N–H and O–H groups in total. The van der Waals surface area contributed by atoms with Gasteiger partial charge in [0.2, 0.25) is 5.91 Å². The van der Waals surface area contributed by atoms with Crippen LogP contribution in [0.4, 0.5) is 5.69 Å². The maximum Gasteiger partial charge on any atom is 0.228 e. The molecule has 0 aliphatic rings. The normalized spacial score (nSPS) is 11.4. The molecular formula is C21H21ClN2O3S. The summed E-state index contributed by atoms with van der Waals surface area (Å²) < 4.78 is 25.7. The Labute approximate surface area is 169 Å². The number of rotatable bonds is 6. The van der Waals surface area contributed by atoms with Crippen molar-refractivity contribution in [3.63, 3.8) is 0 Å². The molecule has 0 bridgehead atoms. The van der Waals surface area contributed by atoms with E-state index < -0.39 is 9.84 Å². The van der Waals surface area contributed by atoms with Gasteiger partial charge in [0, 0.05) is 30.2 Å². The molecule has 0 aliphatic carbocycles. The van der Waals surface area contributed by atoms with E-state index in [2.05, 4.69) is 5.32 Å². The van der Waals surface area contributed by atoms with E-state index in [9.17, 15) is 13.2 Å². The fourth-order valence-electron chi connectivity index (χ4n) is 2.91. The summed E-state index contributed by atoms with van der Waals surface area (Å²) in [5.74, 6) is -0.152. The van der Waals surface area contributed by atoms with Crippen molar-refractivity contribution in [1.82, 2.24) is 4.57 Å². The number of carbonyl (C=O) groups is 1. The highest BCUT2D eigenvalue weighted by atomic mass is 35.5. The monoisotopic (exact) mass is 416 g/mol. The number of hydrogen-bond acceptors (Lipinski definition) is 3. The van der Waals surface area contributed by atoms with Crippen molar-refractivity contribution in [2.45, 2.75) is 18.2 Å². The molecule has 3 rings (SSSR count). The van der Waals surface area contributed by atoms with E-state index in [0.29, 0.717) is 10.7 Å². The summed E-state index contributed by atoms with van der Waals surface area (Å²) in [5.41, 5.74) is 3.22. The van der Waals surface area contributed by atoms with Crippen molar-refractivity contribution in [1.29, 1.82) is 0 Å². The predicted octanol–water partition coefficient (Wildman–Crippen LogP) is 4.32. The van der Waals surface area contributed by atoms with Crippen molar-refractivity contribution in [2.75, 3.05) is 11.1 Å². The second-order valence-corrected chi connectivity index (χ2v) is 9.16. The molecule has 1 amide bonds. The van der Waals surface area contributed by atoms with Gasteiger partial charge in [0.1, 0.15) is 0 Å². The molecule has 7 heteroatoms. The van der Waals surface area contributed by atoms with Crippen LogP contribution in [0.2, 0.25) is 5.02 Å². The molecule has 0 fully saturated rings. The number of nitrogens with one attached hydrogen (secondary N) is 1. The highest BCUT2D eigenvalue weighted by Crippen LogP contribution is 2.30. The SMILES string of the molecule is CCS(=O)(=O)c1ccc(CC(=O)Nc2ccc(-c3cccn3C)c(Cl)c2)cc1. The lowest BCUT2D eigenvalue weighted by molar-refractivity contribution is -0.115. The molecule has 1 heterocycles. The zero-order valence-electron chi connectivity index (χ0n) is 15.6. The maximum atomic E-state index is 12.3. The van der Waals surface area contributed by atoms with Crippen LogP contribution < -0.4 is 5.32 Å². The number of hydrogen-bond donors (Lipinski definition) is 1. The molecule has 0 aliphatic heterocycles. The fraction of sp³-hybridized carbons (Fsp3) is 0.190. The van der Waals surface area contributed by atoms with Gasteiger partial charge in [-0.2, -0.15) is 0 Å². The number of aromatic nitrogens is 1. The molecule has 0 atom stereocenters. The number of carbonyl (C=O) groups excluding carboxylic acids is 1. The molecule has 5 nitrogen and oxygen atoms in total. The third-order valence-electron chi connectivity index (χ3n) is 4.50. The zero-order valence-corrected chi connectivity index (χ0v) is 17.2. The van der Waals surface area contributed by atoms with Gasteiger partial charge in [-0.05, 0) is 48.0 Å². The van der Waals surface area contributed by atoms with Crippen LogP contribution in [0.15, 0.2) is 65.7 Å². The first-order chi connectivity index (χ1) is 13.3. The van der Waals surface area contributed by atoms with Gasteiger partial charge in [0.25, 0.3) is 0 Å². The van der Waals surface area contributed by atoms with Crippen molar-refractivity contribution in [3.8, 4) is 11.3 Å². The number of aryl methyl sites for hydroxylation is 1. The molecule has 28 heavy (non-hydrogen) atoms. The van der Waals surface area contributed by atoms with Gasteiger partial charge in [0.05, 0.1) is 22.1 Å². The van der Waals surface area contributed by atoms with Gasteiger partial charge in [-0.25, -0.2) is 8.42 Å². The average molecular weight is 417 g/mol. The predicted molar refractivity (Wildman–Crippen MR) is 112 cm³/mol. The van der Waals surface area contributed by atoms with E-state index in [0.717, 1.165) is 16.8 Å². The Hall–Kier alpha value is -2.57. The number of nitrogens with zero attached hydrogens (tertiary/aromatic N) is 1. The largest absolute Gasteiger partial charge is 0.351 e. The second-order valence-electron chi connectivity index (χ2n) is 6.47. The van der Waals surface area contributed by atoms with Crippen molar-refractivity contribution in [2.24, 2.45) is 7.05 Å². The van der Waals surface area contributed by atoms with Crippen LogP contribution >= 0.6 is 11.6 Å². The van der Waals surface area contributed by atoms with E-state index in [1.807, 2.05) is 42.1 Å². The number of benzene rings is 2. The summed E-state index contributed by atoms with van der Waals surface area (Å²) in [6, 6.07) is 15.7. The molecule has 0 unspecified atom stereocenters. The Balaban J connectivity index is 1.68. The summed E-state index contributed by atoms with van der Waals surface area (Å²) in [7, 11) is -1.30. The van der Waals surface area contributed by atoms with Crippen LogP contribution in [0.5, 0.6) is 0 Å². The minimum absolute atomic E-state index is 0.0480. The molecule has 0 saturated heterocycles. The van der Waals surface area contributed by atoms with Crippen LogP contribution in [0, 0.1) is 0 Å². The first kappa shape index (κ1) is 20.2.